The second kappa shape index (κ2) is 3.63. The molecule has 0 amide bonds. The maximum Gasteiger partial charge on any atom is 0.0700 e. The maximum atomic E-state index is 5.81. The van der Waals surface area contributed by atoms with Crippen molar-refractivity contribution in [3.05, 3.63) is 23.0 Å². The summed E-state index contributed by atoms with van der Waals surface area (Å²) in [5, 5.41) is 1.59. The van der Waals surface area contributed by atoms with Gasteiger partial charge >= 0.3 is 0 Å². The van der Waals surface area contributed by atoms with Gasteiger partial charge in [0, 0.05) is 12.7 Å². The lowest BCUT2D eigenvalue weighted by molar-refractivity contribution is 0.442. The van der Waals surface area contributed by atoms with Gasteiger partial charge in [-0.1, -0.05) is 12.5 Å². The van der Waals surface area contributed by atoms with Crippen molar-refractivity contribution in [1.29, 1.82) is 0 Å². The number of nitrogens with zero attached hydrogens (tertiary/aromatic N) is 1. The van der Waals surface area contributed by atoms with Crippen LogP contribution < -0.4 is 11.6 Å². The minimum atomic E-state index is 0.900. The Morgan fingerprint density at radius 3 is 2.67 bits per heavy atom. The van der Waals surface area contributed by atoms with E-state index in [2.05, 4.69) is 13.0 Å². The Kier molecular flexibility index (Phi) is 2.76. The van der Waals surface area contributed by atoms with Crippen LogP contribution in [-0.2, 0) is 0 Å². The Bertz CT molecular complexity index is 226. The molecule has 0 heterocycles. The van der Waals surface area contributed by atoms with Gasteiger partial charge in [0.05, 0.1) is 5.70 Å². The van der Waals surface area contributed by atoms with E-state index in [1.54, 1.807) is 5.01 Å². The van der Waals surface area contributed by atoms with E-state index in [1.807, 2.05) is 7.05 Å². The lowest BCUT2D eigenvalue weighted by Gasteiger charge is -2.22. The number of hydrazine groups is 1. The largest absolute Gasteiger partial charge is 0.400 e. The molecule has 4 N–H and O–H groups in total. The molecular weight excluding hydrogens is 150 g/mol. The van der Waals surface area contributed by atoms with E-state index in [9.17, 15) is 0 Å². The molecule has 0 aromatic carbocycles. The van der Waals surface area contributed by atoms with Crippen LogP contribution in [0.15, 0.2) is 23.0 Å². The van der Waals surface area contributed by atoms with Gasteiger partial charge in [-0.05, 0) is 25.3 Å². The van der Waals surface area contributed by atoms with Crippen molar-refractivity contribution in [3.63, 3.8) is 0 Å². The molecule has 12 heavy (non-hydrogen) atoms. The van der Waals surface area contributed by atoms with Crippen molar-refractivity contribution >= 4 is 0 Å². The molecular formula is C9H17N3. The van der Waals surface area contributed by atoms with Crippen LogP contribution in [0, 0.1) is 0 Å². The van der Waals surface area contributed by atoms with Gasteiger partial charge in [0.15, 0.2) is 0 Å². The van der Waals surface area contributed by atoms with Crippen molar-refractivity contribution in [3.8, 4) is 0 Å². The average Bonchev–Trinajstić information content (AvgIpc) is 2.05. The van der Waals surface area contributed by atoms with Gasteiger partial charge in [-0.25, -0.2) is 5.84 Å². The number of hydrogen-bond acceptors (Lipinski definition) is 3. The second-order valence-electron chi connectivity index (χ2n) is 3.18. The van der Waals surface area contributed by atoms with Crippen molar-refractivity contribution in [2.75, 3.05) is 7.05 Å². The summed E-state index contributed by atoms with van der Waals surface area (Å²) >= 11 is 0. The standard InChI is InChI=1S/C9H17N3/c1-3-7-4-5-8(10)9(6-7)12(2)11/h6H,3-5,10-11H2,1-2H3. The first-order valence-electron chi connectivity index (χ1n) is 4.31. The molecule has 0 aromatic rings. The summed E-state index contributed by atoms with van der Waals surface area (Å²) in [7, 11) is 1.82. The average molecular weight is 167 g/mol. The predicted octanol–water partition coefficient (Wildman–Crippen LogP) is 1.09. The molecule has 1 rings (SSSR count). The number of hydrogen-bond donors (Lipinski definition) is 2. The zero-order valence-electron chi connectivity index (χ0n) is 7.80. The first-order chi connectivity index (χ1) is 5.65. The van der Waals surface area contributed by atoms with Gasteiger partial charge < -0.3 is 10.7 Å². The van der Waals surface area contributed by atoms with Crippen molar-refractivity contribution in [1.82, 2.24) is 5.01 Å². The second-order valence-corrected chi connectivity index (χ2v) is 3.18. The van der Waals surface area contributed by atoms with Gasteiger partial charge in [-0.3, -0.25) is 0 Å². The smallest absolute Gasteiger partial charge is 0.0700 e. The molecule has 0 saturated heterocycles. The third-order valence-corrected chi connectivity index (χ3v) is 2.22. The normalized spacial score (nSPS) is 17.8. The van der Waals surface area contributed by atoms with E-state index in [0.29, 0.717) is 0 Å². The highest BCUT2D eigenvalue weighted by atomic mass is 15.4. The molecule has 3 heteroatoms. The lowest BCUT2D eigenvalue weighted by atomic mass is 9.98. The summed E-state index contributed by atoms with van der Waals surface area (Å²) in [4.78, 5) is 0. The van der Waals surface area contributed by atoms with Gasteiger partial charge in [-0.2, -0.15) is 0 Å². The highest BCUT2D eigenvalue weighted by Gasteiger charge is 2.11. The zero-order chi connectivity index (χ0) is 9.14. The molecule has 3 nitrogen and oxygen atoms in total. The third-order valence-electron chi connectivity index (χ3n) is 2.22. The summed E-state index contributed by atoms with van der Waals surface area (Å²) in [5.41, 5.74) is 9.11. The summed E-state index contributed by atoms with van der Waals surface area (Å²) in [6, 6.07) is 0. The number of allylic oxidation sites excluding steroid dienone is 3. The van der Waals surface area contributed by atoms with Crippen LogP contribution >= 0.6 is 0 Å². The predicted molar refractivity (Wildman–Crippen MR) is 50.8 cm³/mol. The summed E-state index contributed by atoms with van der Waals surface area (Å²) in [5.74, 6) is 5.63. The first kappa shape index (κ1) is 9.13. The van der Waals surface area contributed by atoms with E-state index < -0.39 is 0 Å². The van der Waals surface area contributed by atoms with Crippen LogP contribution in [0.3, 0.4) is 0 Å². The minimum Gasteiger partial charge on any atom is -0.400 e. The molecule has 1 aliphatic carbocycles. The van der Waals surface area contributed by atoms with Crippen LogP contribution in [-0.4, -0.2) is 12.1 Å². The first-order valence-corrected chi connectivity index (χ1v) is 4.31. The highest BCUT2D eigenvalue weighted by Crippen LogP contribution is 2.23. The number of rotatable bonds is 2. The SMILES string of the molecule is CCC1=CC(N(C)N)=C(N)CC1. The quantitative estimate of drug-likeness (QED) is 0.478. The van der Waals surface area contributed by atoms with Gasteiger partial charge in [-0.15, -0.1) is 0 Å². The third kappa shape index (κ3) is 1.80. The van der Waals surface area contributed by atoms with Crippen molar-refractivity contribution in [2.24, 2.45) is 11.6 Å². The maximum absolute atomic E-state index is 5.81. The monoisotopic (exact) mass is 167 g/mol. The van der Waals surface area contributed by atoms with Crippen LogP contribution in [0.2, 0.25) is 0 Å². The zero-order valence-corrected chi connectivity index (χ0v) is 7.80. The van der Waals surface area contributed by atoms with Crippen molar-refractivity contribution in [2.45, 2.75) is 26.2 Å². The summed E-state index contributed by atoms with van der Waals surface area (Å²) in [6.07, 6.45) is 5.21. The van der Waals surface area contributed by atoms with Crippen LogP contribution in [0.5, 0.6) is 0 Å². The van der Waals surface area contributed by atoms with E-state index in [-0.39, 0.29) is 0 Å². The molecule has 0 radical (unpaired) electrons. The molecule has 0 aromatic heterocycles. The topological polar surface area (TPSA) is 55.3 Å². The van der Waals surface area contributed by atoms with Crippen LogP contribution in [0.4, 0.5) is 0 Å². The van der Waals surface area contributed by atoms with E-state index >= 15 is 0 Å². The molecule has 0 fully saturated rings. The molecule has 0 atom stereocenters. The van der Waals surface area contributed by atoms with Gasteiger partial charge in [0.1, 0.15) is 0 Å². The van der Waals surface area contributed by atoms with Crippen LogP contribution in [0.25, 0.3) is 0 Å². The fourth-order valence-electron chi connectivity index (χ4n) is 1.39. The van der Waals surface area contributed by atoms with E-state index in [4.69, 9.17) is 11.6 Å². The molecule has 0 aliphatic heterocycles. The Morgan fingerprint density at radius 2 is 2.17 bits per heavy atom. The fraction of sp³-hybridized carbons (Fsp3) is 0.556. The summed E-state index contributed by atoms with van der Waals surface area (Å²) in [6.45, 7) is 2.15. The fourth-order valence-corrected chi connectivity index (χ4v) is 1.39. The van der Waals surface area contributed by atoms with E-state index in [0.717, 1.165) is 30.7 Å². The molecule has 68 valence electrons. The number of nitrogens with two attached hydrogens (primary N) is 2. The minimum absolute atomic E-state index is 0.900. The highest BCUT2D eigenvalue weighted by molar-refractivity contribution is 5.30. The van der Waals surface area contributed by atoms with Gasteiger partial charge in [0.2, 0.25) is 0 Å². The van der Waals surface area contributed by atoms with E-state index in [1.165, 1.54) is 5.57 Å². The molecule has 0 spiro atoms. The Hall–Kier alpha value is -0.960. The Morgan fingerprint density at radius 1 is 1.50 bits per heavy atom. The number of likely N-dealkylation sites (N-methyl/N-ethyl adjacent to an activating group) is 1. The molecule has 1 aliphatic rings. The Labute approximate surface area is 73.7 Å². The molecule has 0 unspecified atom stereocenters. The van der Waals surface area contributed by atoms with Gasteiger partial charge in [0.25, 0.3) is 0 Å². The molecule has 0 saturated carbocycles. The van der Waals surface area contributed by atoms with Crippen molar-refractivity contribution < 1.29 is 0 Å². The molecule has 0 bridgehead atoms. The summed E-state index contributed by atoms with van der Waals surface area (Å²) < 4.78 is 0. The van der Waals surface area contributed by atoms with Crippen LogP contribution in [0.1, 0.15) is 26.2 Å². The Balaban J connectivity index is 2.86. The lowest BCUT2D eigenvalue weighted by Crippen LogP contribution is -2.28.